The molecule has 0 radical (unpaired) electrons. The summed E-state index contributed by atoms with van der Waals surface area (Å²) in [5, 5.41) is 6.31. The molecule has 2 fully saturated rings. The fourth-order valence-electron chi connectivity index (χ4n) is 6.46. The third kappa shape index (κ3) is 8.87. The molecule has 7 nitrogen and oxygen atoms in total. The highest BCUT2D eigenvalue weighted by molar-refractivity contribution is 6.30. The lowest BCUT2D eigenvalue weighted by Gasteiger charge is -2.46. The van der Waals surface area contributed by atoms with Gasteiger partial charge in [-0.05, 0) is 57.2 Å². The molecule has 0 aromatic heterocycles. The van der Waals surface area contributed by atoms with Gasteiger partial charge in [-0.15, -0.1) is 0 Å². The van der Waals surface area contributed by atoms with E-state index in [9.17, 15) is 9.59 Å². The highest BCUT2D eigenvalue weighted by Gasteiger charge is 2.46. The molecule has 2 N–H and O–H groups in total. The lowest BCUT2D eigenvalue weighted by Crippen LogP contribution is -2.61. The Kier molecular flexibility index (Phi) is 13.0. The summed E-state index contributed by atoms with van der Waals surface area (Å²) in [6.45, 7) is 3.84. The standard InChI is InChI=1S/C30H47ClFN3O4/c1-22(36)34-30(14-7-8-16-38-3,25-12-9-13-26(31)29(25)32)27-21-35(15-17-39-27)28(37)19-24(20-33-2)18-23-10-5-4-6-11-23/h9,12-13,23-24,27,33H,4-8,10-11,14-21H2,1-3H3,(H,34,36)/t24-,27?,30-/m1/s1. The topological polar surface area (TPSA) is 79.9 Å². The Morgan fingerprint density at radius 1 is 1.26 bits per heavy atom. The number of amides is 2. The minimum absolute atomic E-state index is 0.0134. The maximum atomic E-state index is 15.6. The SMILES string of the molecule is CNC[C@@H](CC(=O)N1CCOC([C@](CCCCOC)(NC(C)=O)c2cccc(Cl)c2F)C1)CC1CCCCC1. The number of unbranched alkanes of at least 4 members (excludes halogenated alkanes) is 1. The van der Waals surface area contributed by atoms with E-state index in [1.807, 2.05) is 11.9 Å². The van der Waals surface area contributed by atoms with Crippen molar-refractivity contribution in [2.45, 2.75) is 82.8 Å². The smallest absolute Gasteiger partial charge is 0.223 e. The van der Waals surface area contributed by atoms with Crippen molar-refractivity contribution in [1.29, 1.82) is 0 Å². The number of nitrogens with one attached hydrogen (secondary N) is 2. The van der Waals surface area contributed by atoms with E-state index in [-0.39, 0.29) is 34.9 Å². The fourth-order valence-corrected chi connectivity index (χ4v) is 6.64. The Hall–Kier alpha value is -1.74. The van der Waals surface area contributed by atoms with E-state index >= 15 is 4.39 Å². The van der Waals surface area contributed by atoms with Gasteiger partial charge in [-0.3, -0.25) is 9.59 Å². The van der Waals surface area contributed by atoms with E-state index in [0.717, 1.165) is 19.4 Å². The molecule has 0 bridgehead atoms. The minimum atomic E-state index is -1.18. The second-order valence-corrected chi connectivity index (χ2v) is 11.7. The van der Waals surface area contributed by atoms with Gasteiger partial charge in [-0.2, -0.15) is 0 Å². The number of halogens is 2. The predicted octanol–water partition coefficient (Wildman–Crippen LogP) is 5.05. The summed E-state index contributed by atoms with van der Waals surface area (Å²) in [5.41, 5.74) is -0.896. The molecule has 1 heterocycles. The normalized spacial score (nSPS) is 20.8. The summed E-state index contributed by atoms with van der Waals surface area (Å²) in [6, 6.07) is 4.84. The van der Waals surface area contributed by atoms with Gasteiger partial charge in [-0.25, -0.2) is 4.39 Å². The van der Waals surface area contributed by atoms with Crippen molar-refractivity contribution in [3.8, 4) is 0 Å². The summed E-state index contributed by atoms with van der Waals surface area (Å²) in [5.74, 6) is 0.170. The van der Waals surface area contributed by atoms with Crippen LogP contribution in [-0.4, -0.2) is 69.8 Å². The van der Waals surface area contributed by atoms with Crippen molar-refractivity contribution >= 4 is 23.4 Å². The van der Waals surface area contributed by atoms with Crippen LogP contribution < -0.4 is 10.6 Å². The monoisotopic (exact) mass is 567 g/mol. The zero-order valence-electron chi connectivity index (χ0n) is 23.9. The number of hydrogen-bond acceptors (Lipinski definition) is 5. The molecule has 1 aliphatic carbocycles. The Morgan fingerprint density at radius 3 is 2.72 bits per heavy atom. The van der Waals surface area contributed by atoms with Crippen molar-refractivity contribution in [3.63, 3.8) is 0 Å². The van der Waals surface area contributed by atoms with E-state index in [4.69, 9.17) is 21.1 Å². The highest BCUT2D eigenvalue weighted by atomic mass is 35.5. The predicted molar refractivity (Wildman–Crippen MR) is 152 cm³/mol. The Morgan fingerprint density at radius 2 is 2.03 bits per heavy atom. The molecule has 2 aliphatic rings. The molecule has 1 aliphatic heterocycles. The van der Waals surface area contributed by atoms with E-state index in [1.54, 1.807) is 19.2 Å². The molecule has 1 saturated carbocycles. The molecule has 3 atom stereocenters. The van der Waals surface area contributed by atoms with Gasteiger partial charge < -0.3 is 25.0 Å². The number of ether oxygens (including phenoxy) is 2. The van der Waals surface area contributed by atoms with Crippen LogP contribution in [0.15, 0.2) is 18.2 Å². The van der Waals surface area contributed by atoms with Gasteiger partial charge in [0.2, 0.25) is 11.8 Å². The molecule has 0 spiro atoms. The quantitative estimate of drug-likeness (QED) is 0.308. The molecular weight excluding hydrogens is 521 g/mol. The number of rotatable bonds is 14. The van der Waals surface area contributed by atoms with Crippen molar-refractivity contribution in [1.82, 2.24) is 15.5 Å². The van der Waals surface area contributed by atoms with Crippen LogP contribution in [0, 0.1) is 17.7 Å². The van der Waals surface area contributed by atoms with Crippen molar-refractivity contribution < 1.29 is 23.5 Å². The van der Waals surface area contributed by atoms with Gasteiger partial charge in [0.1, 0.15) is 11.9 Å². The third-order valence-electron chi connectivity index (χ3n) is 8.32. The first-order chi connectivity index (χ1) is 18.8. The van der Waals surface area contributed by atoms with Gasteiger partial charge in [0.25, 0.3) is 0 Å². The molecule has 3 rings (SSSR count). The second kappa shape index (κ2) is 15.9. The summed E-state index contributed by atoms with van der Waals surface area (Å²) in [7, 11) is 3.58. The second-order valence-electron chi connectivity index (χ2n) is 11.3. The third-order valence-corrected chi connectivity index (χ3v) is 8.61. The lowest BCUT2D eigenvalue weighted by atomic mass is 9.78. The number of morpholine rings is 1. The average molecular weight is 568 g/mol. The Balaban J connectivity index is 1.83. The molecule has 9 heteroatoms. The number of nitrogens with zero attached hydrogens (tertiary/aromatic N) is 1. The minimum Gasteiger partial charge on any atom is -0.385 e. The van der Waals surface area contributed by atoms with E-state index in [2.05, 4.69) is 10.6 Å². The number of methoxy groups -OCH3 is 1. The van der Waals surface area contributed by atoms with Crippen LogP contribution in [0.25, 0.3) is 0 Å². The molecule has 1 unspecified atom stereocenters. The van der Waals surface area contributed by atoms with Crippen LogP contribution in [0.3, 0.4) is 0 Å². The molecule has 1 aromatic rings. The molecule has 1 saturated heterocycles. The molecule has 220 valence electrons. The number of carbonyl (C=O) groups excluding carboxylic acids is 2. The molecule has 1 aromatic carbocycles. The summed E-state index contributed by atoms with van der Waals surface area (Å²) in [4.78, 5) is 28.0. The van der Waals surface area contributed by atoms with Crippen LogP contribution in [0.4, 0.5) is 4.39 Å². The van der Waals surface area contributed by atoms with Crippen LogP contribution >= 0.6 is 11.6 Å². The van der Waals surface area contributed by atoms with E-state index in [1.165, 1.54) is 45.1 Å². The van der Waals surface area contributed by atoms with E-state index < -0.39 is 17.5 Å². The maximum absolute atomic E-state index is 15.6. The molecule has 39 heavy (non-hydrogen) atoms. The highest BCUT2D eigenvalue weighted by Crippen LogP contribution is 2.38. The van der Waals surface area contributed by atoms with Crippen LogP contribution in [0.5, 0.6) is 0 Å². The first-order valence-electron chi connectivity index (χ1n) is 14.6. The fraction of sp³-hybridized carbons (Fsp3) is 0.733. The maximum Gasteiger partial charge on any atom is 0.223 e. The van der Waals surface area contributed by atoms with Gasteiger partial charge in [-0.1, -0.05) is 55.8 Å². The van der Waals surface area contributed by atoms with Crippen molar-refractivity contribution in [2.24, 2.45) is 11.8 Å². The van der Waals surface area contributed by atoms with E-state index in [0.29, 0.717) is 44.9 Å². The van der Waals surface area contributed by atoms with Crippen molar-refractivity contribution in [2.75, 3.05) is 47.0 Å². The lowest BCUT2D eigenvalue weighted by molar-refractivity contribution is -0.146. The number of carbonyl (C=O) groups is 2. The average Bonchev–Trinajstić information content (AvgIpc) is 2.92. The summed E-state index contributed by atoms with van der Waals surface area (Å²) >= 11 is 6.21. The van der Waals surface area contributed by atoms with Crippen LogP contribution in [0.1, 0.15) is 76.7 Å². The van der Waals surface area contributed by atoms with Crippen LogP contribution in [0.2, 0.25) is 5.02 Å². The molecule has 2 amide bonds. The largest absolute Gasteiger partial charge is 0.385 e. The number of hydrogen-bond donors (Lipinski definition) is 2. The summed E-state index contributed by atoms with van der Waals surface area (Å²) in [6.07, 6.45) is 9.11. The van der Waals surface area contributed by atoms with Gasteiger partial charge in [0.05, 0.1) is 17.2 Å². The zero-order chi connectivity index (χ0) is 28.3. The molecular formula is C30H47ClFN3O4. The first kappa shape index (κ1) is 31.8. The van der Waals surface area contributed by atoms with Gasteiger partial charge in [0, 0.05) is 45.7 Å². The van der Waals surface area contributed by atoms with Gasteiger partial charge in [0.15, 0.2) is 0 Å². The first-order valence-corrected chi connectivity index (χ1v) is 14.9. The Labute approximate surface area is 238 Å². The summed E-state index contributed by atoms with van der Waals surface area (Å²) < 4.78 is 27.0. The van der Waals surface area contributed by atoms with Gasteiger partial charge >= 0.3 is 0 Å². The van der Waals surface area contributed by atoms with Crippen LogP contribution in [-0.2, 0) is 24.6 Å². The number of benzene rings is 1. The zero-order valence-corrected chi connectivity index (χ0v) is 24.7. The van der Waals surface area contributed by atoms with Crippen molar-refractivity contribution in [3.05, 3.63) is 34.6 Å². The Bertz CT molecular complexity index is 929.